The van der Waals surface area contributed by atoms with Crippen LogP contribution >= 0.6 is 15.9 Å². The number of hydrogen-bond donors (Lipinski definition) is 1. The summed E-state index contributed by atoms with van der Waals surface area (Å²) in [6.07, 6.45) is 0. The first kappa shape index (κ1) is 21.7. The van der Waals surface area contributed by atoms with Crippen LogP contribution in [0.3, 0.4) is 0 Å². The summed E-state index contributed by atoms with van der Waals surface area (Å²) in [5, 5.41) is 3.39. The summed E-state index contributed by atoms with van der Waals surface area (Å²) in [6, 6.07) is 11.9. The molecule has 1 N–H and O–H groups in total. The molecule has 0 aliphatic carbocycles. The molecule has 0 aromatic heterocycles. The zero-order chi connectivity index (χ0) is 19.5. The van der Waals surface area contributed by atoms with Crippen molar-refractivity contribution in [3.05, 3.63) is 46.4 Å². The van der Waals surface area contributed by atoms with Gasteiger partial charge in [0, 0.05) is 46.0 Å². The Morgan fingerprint density at radius 2 is 1.56 bits per heavy atom. The van der Waals surface area contributed by atoms with Crippen LogP contribution in [0.15, 0.2) is 40.9 Å². The fraction of sp³-hybridized carbons (Fsp3) is 0.400. The fourth-order valence-electron chi connectivity index (χ4n) is 2.60. The van der Waals surface area contributed by atoms with Crippen molar-refractivity contribution >= 4 is 15.9 Å². The van der Waals surface area contributed by atoms with E-state index in [0.717, 1.165) is 27.7 Å². The molecule has 0 saturated carbocycles. The summed E-state index contributed by atoms with van der Waals surface area (Å²) in [4.78, 5) is 0. The second kappa shape index (κ2) is 11.9. The molecule has 6 nitrogen and oxygen atoms in total. The van der Waals surface area contributed by atoms with Crippen LogP contribution in [0.1, 0.15) is 5.56 Å². The van der Waals surface area contributed by atoms with Crippen LogP contribution in [-0.2, 0) is 20.8 Å². The molecule has 0 saturated heterocycles. The van der Waals surface area contributed by atoms with E-state index in [2.05, 4.69) is 33.4 Å². The number of benzene rings is 2. The lowest BCUT2D eigenvalue weighted by molar-refractivity contribution is 0.0458. The van der Waals surface area contributed by atoms with E-state index in [4.69, 9.17) is 23.7 Å². The molecular weight excluding hydrogens is 414 g/mol. The van der Waals surface area contributed by atoms with Crippen molar-refractivity contribution in [1.29, 1.82) is 0 Å². The molecule has 148 valence electrons. The van der Waals surface area contributed by atoms with E-state index in [1.54, 1.807) is 21.3 Å². The standard InChI is InChI=1S/C20H26BrNO5/c1-23-10-9-22-12-16-19(15-7-5-4-6-8-15)17(26-13-24-2)11-18(20(16)21)27-14-25-3/h4-8,11,22H,9-10,12-14H2,1-3H3. The highest BCUT2D eigenvalue weighted by Gasteiger charge is 2.20. The minimum atomic E-state index is 0.141. The molecule has 0 bridgehead atoms. The molecule has 0 amide bonds. The maximum atomic E-state index is 5.87. The number of hydrogen-bond acceptors (Lipinski definition) is 6. The lowest BCUT2D eigenvalue weighted by Gasteiger charge is -2.20. The minimum Gasteiger partial charge on any atom is -0.467 e. The van der Waals surface area contributed by atoms with Gasteiger partial charge in [-0.15, -0.1) is 0 Å². The van der Waals surface area contributed by atoms with Gasteiger partial charge in [0.25, 0.3) is 0 Å². The van der Waals surface area contributed by atoms with Gasteiger partial charge in [-0.2, -0.15) is 0 Å². The number of rotatable bonds is 12. The van der Waals surface area contributed by atoms with Gasteiger partial charge >= 0.3 is 0 Å². The van der Waals surface area contributed by atoms with E-state index < -0.39 is 0 Å². The third kappa shape index (κ3) is 6.19. The molecule has 0 aliphatic rings. The third-order valence-electron chi connectivity index (χ3n) is 3.80. The van der Waals surface area contributed by atoms with Crippen LogP contribution in [-0.4, -0.2) is 48.1 Å². The Hall–Kier alpha value is -1.64. The average molecular weight is 440 g/mol. The van der Waals surface area contributed by atoms with Crippen LogP contribution in [0, 0.1) is 0 Å². The first-order valence-electron chi connectivity index (χ1n) is 8.56. The van der Waals surface area contributed by atoms with E-state index in [1.807, 2.05) is 24.3 Å². The molecule has 0 atom stereocenters. The number of methoxy groups -OCH3 is 3. The van der Waals surface area contributed by atoms with Crippen LogP contribution < -0.4 is 14.8 Å². The SMILES string of the molecule is COCCNCc1c(Br)c(OCOC)cc(OCOC)c1-c1ccccc1. The minimum absolute atomic E-state index is 0.141. The summed E-state index contributed by atoms with van der Waals surface area (Å²) in [5.74, 6) is 1.33. The first-order valence-corrected chi connectivity index (χ1v) is 9.36. The van der Waals surface area contributed by atoms with E-state index in [-0.39, 0.29) is 13.6 Å². The van der Waals surface area contributed by atoms with Crippen LogP contribution in [0.5, 0.6) is 11.5 Å². The van der Waals surface area contributed by atoms with E-state index >= 15 is 0 Å². The van der Waals surface area contributed by atoms with Gasteiger partial charge < -0.3 is 29.0 Å². The zero-order valence-electron chi connectivity index (χ0n) is 15.9. The molecule has 0 fully saturated rings. The normalized spacial score (nSPS) is 10.8. The molecule has 7 heteroatoms. The second-order valence-electron chi connectivity index (χ2n) is 5.68. The van der Waals surface area contributed by atoms with Gasteiger partial charge in [-0.1, -0.05) is 30.3 Å². The summed E-state index contributed by atoms with van der Waals surface area (Å²) < 4.78 is 27.7. The quantitative estimate of drug-likeness (QED) is 0.400. The Balaban J connectivity index is 2.51. The topological polar surface area (TPSA) is 58.2 Å². The summed E-state index contributed by atoms with van der Waals surface area (Å²) >= 11 is 3.69. The maximum absolute atomic E-state index is 5.87. The van der Waals surface area contributed by atoms with Crippen LogP contribution in [0.4, 0.5) is 0 Å². The molecule has 0 aliphatic heterocycles. The van der Waals surface area contributed by atoms with Crippen molar-refractivity contribution in [3.8, 4) is 22.6 Å². The Morgan fingerprint density at radius 1 is 0.889 bits per heavy atom. The molecule has 0 heterocycles. The Morgan fingerprint density at radius 3 is 2.19 bits per heavy atom. The molecule has 27 heavy (non-hydrogen) atoms. The van der Waals surface area contributed by atoms with Crippen LogP contribution in [0.25, 0.3) is 11.1 Å². The summed E-state index contributed by atoms with van der Waals surface area (Å²) in [5.41, 5.74) is 3.05. The molecule has 0 spiro atoms. The highest BCUT2D eigenvalue weighted by atomic mass is 79.9. The smallest absolute Gasteiger partial charge is 0.188 e. The lowest BCUT2D eigenvalue weighted by atomic mass is 9.98. The van der Waals surface area contributed by atoms with Crippen molar-refractivity contribution in [1.82, 2.24) is 5.32 Å². The number of nitrogens with one attached hydrogen (secondary N) is 1. The summed E-state index contributed by atoms with van der Waals surface area (Å²) in [7, 11) is 4.86. The Bertz CT molecular complexity index is 697. The average Bonchev–Trinajstić information content (AvgIpc) is 2.70. The Labute approximate surface area is 168 Å². The van der Waals surface area contributed by atoms with Gasteiger partial charge in [-0.3, -0.25) is 0 Å². The highest BCUT2D eigenvalue weighted by Crippen LogP contribution is 2.43. The van der Waals surface area contributed by atoms with Gasteiger partial charge in [-0.05, 0) is 27.1 Å². The number of ether oxygens (including phenoxy) is 5. The molecule has 0 unspecified atom stereocenters. The van der Waals surface area contributed by atoms with Crippen molar-refractivity contribution < 1.29 is 23.7 Å². The predicted octanol–water partition coefficient (Wildman–Crippen LogP) is 3.82. The van der Waals surface area contributed by atoms with Crippen LogP contribution in [0.2, 0.25) is 0 Å². The van der Waals surface area contributed by atoms with Gasteiger partial charge in [0.1, 0.15) is 11.5 Å². The van der Waals surface area contributed by atoms with Gasteiger partial charge in [0.15, 0.2) is 13.6 Å². The van der Waals surface area contributed by atoms with Gasteiger partial charge in [0.05, 0.1) is 11.1 Å². The summed E-state index contributed by atoms with van der Waals surface area (Å²) in [6.45, 7) is 2.26. The van der Waals surface area contributed by atoms with E-state index in [0.29, 0.717) is 24.7 Å². The lowest BCUT2D eigenvalue weighted by Crippen LogP contribution is -2.20. The second-order valence-corrected chi connectivity index (χ2v) is 6.47. The molecule has 2 rings (SSSR count). The zero-order valence-corrected chi connectivity index (χ0v) is 17.5. The molecule has 2 aromatic rings. The van der Waals surface area contributed by atoms with Gasteiger partial charge in [0.2, 0.25) is 0 Å². The fourth-order valence-corrected chi connectivity index (χ4v) is 3.17. The van der Waals surface area contributed by atoms with Crippen molar-refractivity contribution in [2.24, 2.45) is 0 Å². The van der Waals surface area contributed by atoms with E-state index in [9.17, 15) is 0 Å². The highest BCUT2D eigenvalue weighted by molar-refractivity contribution is 9.10. The molecular formula is C20H26BrNO5. The van der Waals surface area contributed by atoms with E-state index in [1.165, 1.54) is 0 Å². The van der Waals surface area contributed by atoms with Crippen molar-refractivity contribution in [3.63, 3.8) is 0 Å². The third-order valence-corrected chi connectivity index (χ3v) is 4.67. The monoisotopic (exact) mass is 439 g/mol. The Kier molecular flexibility index (Phi) is 9.58. The van der Waals surface area contributed by atoms with Gasteiger partial charge in [-0.25, -0.2) is 0 Å². The molecule has 2 aromatic carbocycles. The first-order chi connectivity index (χ1) is 13.2. The van der Waals surface area contributed by atoms with Crippen molar-refractivity contribution in [2.45, 2.75) is 6.54 Å². The number of halogens is 1. The predicted molar refractivity (Wildman–Crippen MR) is 108 cm³/mol. The van der Waals surface area contributed by atoms with Crippen molar-refractivity contribution in [2.75, 3.05) is 48.1 Å². The largest absolute Gasteiger partial charge is 0.467 e. The molecule has 0 radical (unpaired) electrons. The maximum Gasteiger partial charge on any atom is 0.188 e.